The van der Waals surface area contributed by atoms with E-state index in [1.165, 1.54) is 46.6 Å². The fraction of sp³-hybridized carbons (Fsp3) is 0.474. The molecule has 1 aromatic heterocycles. The van der Waals surface area contributed by atoms with Crippen LogP contribution in [0.1, 0.15) is 59.5 Å². The molecule has 21 heavy (non-hydrogen) atoms. The lowest BCUT2D eigenvalue weighted by atomic mass is 10.0. The van der Waals surface area contributed by atoms with Crippen LogP contribution in [0.4, 0.5) is 0 Å². The van der Waals surface area contributed by atoms with Crippen molar-refractivity contribution in [2.75, 3.05) is 0 Å². The number of hydrogen-bond acceptors (Lipinski definition) is 2. The molecule has 0 aliphatic rings. The van der Waals surface area contributed by atoms with Crippen molar-refractivity contribution in [2.24, 2.45) is 0 Å². The molecule has 1 unspecified atom stereocenters. The van der Waals surface area contributed by atoms with E-state index in [-0.39, 0.29) is 0 Å². The van der Waals surface area contributed by atoms with Gasteiger partial charge in [0.1, 0.15) is 0 Å². The van der Waals surface area contributed by atoms with Crippen LogP contribution in [0.15, 0.2) is 36.4 Å². The zero-order chi connectivity index (χ0) is 15.1. The molecule has 2 rings (SSSR count). The summed E-state index contributed by atoms with van der Waals surface area (Å²) in [6.07, 6.45) is 5.12. The smallest absolute Gasteiger partial charge is 0.0323 e. The zero-order valence-electron chi connectivity index (χ0n) is 13.5. The van der Waals surface area contributed by atoms with Crippen LogP contribution in [0.25, 0.3) is 0 Å². The van der Waals surface area contributed by atoms with Gasteiger partial charge in [-0.15, -0.1) is 11.3 Å². The van der Waals surface area contributed by atoms with E-state index in [2.05, 4.69) is 62.5 Å². The Morgan fingerprint density at radius 2 is 1.86 bits per heavy atom. The third kappa shape index (κ3) is 4.98. The summed E-state index contributed by atoms with van der Waals surface area (Å²) in [6, 6.07) is 13.7. The molecular weight excluding hydrogens is 274 g/mol. The van der Waals surface area contributed by atoms with Gasteiger partial charge < -0.3 is 5.32 Å². The van der Waals surface area contributed by atoms with Crippen molar-refractivity contribution >= 4 is 11.3 Å². The lowest BCUT2D eigenvalue weighted by Crippen LogP contribution is -2.20. The molecule has 0 aliphatic heterocycles. The largest absolute Gasteiger partial charge is 0.305 e. The standard InChI is InChI=1S/C19H27NS/c1-4-5-7-12-19(17-10-8-6-9-11-17)20-14-18-13-15(2)16(3)21-18/h6,8-11,13,19-20H,4-5,7,12,14H2,1-3H3. The molecule has 0 bridgehead atoms. The highest BCUT2D eigenvalue weighted by Crippen LogP contribution is 2.24. The molecule has 0 amide bonds. The number of thiophene rings is 1. The molecule has 114 valence electrons. The Hall–Kier alpha value is -1.12. The summed E-state index contributed by atoms with van der Waals surface area (Å²) in [6.45, 7) is 7.65. The van der Waals surface area contributed by atoms with Gasteiger partial charge >= 0.3 is 0 Å². The van der Waals surface area contributed by atoms with Crippen LogP contribution in [0.3, 0.4) is 0 Å². The fourth-order valence-electron chi connectivity index (χ4n) is 2.63. The number of benzene rings is 1. The van der Waals surface area contributed by atoms with Gasteiger partial charge in [0.2, 0.25) is 0 Å². The van der Waals surface area contributed by atoms with Crippen molar-refractivity contribution in [3.63, 3.8) is 0 Å². The van der Waals surface area contributed by atoms with Crippen molar-refractivity contribution < 1.29 is 0 Å². The van der Waals surface area contributed by atoms with E-state index < -0.39 is 0 Å². The zero-order valence-corrected chi connectivity index (χ0v) is 14.3. The van der Waals surface area contributed by atoms with Gasteiger partial charge in [-0.05, 0) is 37.5 Å². The topological polar surface area (TPSA) is 12.0 Å². The second-order valence-electron chi connectivity index (χ2n) is 5.79. The first-order valence-corrected chi connectivity index (χ1v) is 8.86. The molecule has 2 heteroatoms. The minimum Gasteiger partial charge on any atom is -0.305 e. The highest BCUT2D eigenvalue weighted by atomic mass is 32.1. The Labute approximate surface area is 133 Å². The van der Waals surface area contributed by atoms with E-state index in [0.29, 0.717) is 6.04 Å². The van der Waals surface area contributed by atoms with Gasteiger partial charge in [0.25, 0.3) is 0 Å². The molecule has 0 aliphatic carbocycles. The molecule has 0 fully saturated rings. The quantitative estimate of drug-likeness (QED) is 0.610. The second kappa shape index (κ2) is 8.35. The van der Waals surface area contributed by atoms with Gasteiger partial charge in [-0.2, -0.15) is 0 Å². The van der Waals surface area contributed by atoms with E-state index in [0.717, 1.165) is 6.54 Å². The van der Waals surface area contributed by atoms with Crippen LogP contribution in [0, 0.1) is 13.8 Å². The molecule has 1 heterocycles. The Kier molecular flexibility index (Phi) is 6.47. The molecule has 1 N–H and O–H groups in total. The first-order valence-electron chi connectivity index (χ1n) is 8.05. The van der Waals surface area contributed by atoms with Crippen LogP contribution >= 0.6 is 11.3 Å². The average Bonchev–Trinajstić information content (AvgIpc) is 2.82. The summed E-state index contributed by atoms with van der Waals surface area (Å²) < 4.78 is 0. The predicted molar refractivity (Wildman–Crippen MR) is 94.0 cm³/mol. The number of unbranched alkanes of at least 4 members (excludes halogenated alkanes) is 2. The summed E-state index contributed by atoms with van der Waals surface area (Å²) in [5.74, 6) is 0. The van der Waals surface area contributed by atoms with Gasteiger partial charge in [-0.1, -0.05) is 56.5 Å². The predicted octanol–water partition coefficient (Wildman–Crippen LogP) is 5.78. The summed E-state index contributed by atoms with van der Waals surface area (Å²) in [5, 5.41) is 3.76. The van der Waals surface area contributed by atoms with E-state index in [4.69, 9.17) is 0 Å². The Balaban J connectivity index is 1.98. The van der Waals surface area contributed by atoms with E-state index in [1.807, 2.05) is 11.3 Å². The van der Waals surface area contributed by atoms with Crippen LogP contribution in [-0.4, -0.2) is 0 Å². The minimum atomic E-state index is 0.473. The summed E-state index contributed by atoms with van der Waals surface area (Å²) in [7, 11) is 0. The van der Waals surface area contributed by atoms with Crippen molar-refractivity contribution in [1.82, 2.24) is 5.32 Å². The van der Waals surface area contributed by atoms with E-state index >= 15 is 0 Å². The van der Waals surface area contributed by atoms with Gasteiger partial charge in [-0.25, -0.2) is 0 Å². The van der Waals surface area contributed by atoms with Crippen LogP contribution in [0.5, 0.6) is 0 Å². The number of aryl methyl sites for hydroxylation is 2. The minimum absolute atomic E-state index is 0.473. The Morgan fingerprint density at radius 3 is 2.48 bits per heavy atom. The third-order valence-corrected chi connectivity index (χ3v) is 5.19. The van der Waals surface area contributed by atoms with E-state index in [9.17, 15) is 0 Å². The molecular formula is C19H27NS. The Bertz CT molecular complexity index is 510. The summed E-state index contributed by atoms with van der Waals surface area (Å²) >= 11 is 1.92. The number of rotatable bonds is 8. The first-order chi connectivity index (χ1) is 10.2. The van der Waals surface area contributed by atoms with Crippen LogP contribution < -0.4 is 5.32 Å². The molecule has 2 aromatic rings. The maximum Gasteiger partial charge on any atom is 0.0323 e. The highest BCUT2D eigenvalue weighted by Gasteiger charge is 2.11. The Morgan fingerprint density at radius 1 is 1.10 bits per heavy atom. The maximum atomic E-state index is 3.76. The molecule has 1 atom stereocenters. The molecule has 0 saturated heterocycles. The molecule has 1 aromatic carbocycles. The first kappa shape index (κ1) is 16.3. The third-order valence-electron chi connectivity index (χ3n) is 4.04. The molecule has 1 nitrogen and oxygen atoms in total. The van der Waals surface area contributed by atoms with Gasteiger partial charge in [0.05, 0.1) is 0 Å². The van der Waals surface area contributed by atoms with E-state index in [1.54, 1.807) is 0 Å². The SMILES string of the molecule is CCCCCC(NCc1cc(C)c(C)s1)c1ccccc1. The van der Waals surface area contributed by atoms with Crippen molar-refractivity contribution in [3.05, 3.63) is 57.3 Å². The molecule has 0 spiro atoms. The van der Waals surface area contributed by atoms with Crippen molar-refractivity contribution in [1.29, 1.82) is 0 Å². The second-order valence-corrected chi connectivity index (χ2v) is 7.13. The number of hydrogen-bond donors (Lipinski definition) is 1. The number of nitrogens with one attached hydrogen (secondary N) is 1. The van der Waals surface area contributed by atoms with Gasteiger partial charge in [0.15, 0.2) is 0 Å². The molecule has 0 radical (unpaired) electrons. The lowest BCUT2D eigenvalue weighted by molar-refractivity contribution is 0.475. The monoisotopic (exact) mass is 301 g/mol. The van der Waals surface area contributed by atoms with Crippen LogP contribution in [0.2, 0.25) is 0 Å². The molecule has 0 saturated carbocycles. The maximum absolute atomic E-state index is 3.76. The highest BCUT2D eigenvalue weighted by molar-refractivity contribution is 7.12. The summed E-state index contributed by atoms with van der Waals surface area (Å²) in [5.41, 5.74) is 2.83. The normalized spacial score (nSPS) is 12.5. The average molecular weight is 301 g/mol. The van der Waals surface area contributed by atoms with Gasteiger partial charge in [0, 0.05) is 22.3 Å². The summed E-state index contributed by atoms with van der Waals surface area (Å²) in [4.78, 5) is 2.88. The van der Waals surface area contributed by atoms with Crippen molar-refractivity contribution in [2.45, 2.75) is 59.0 Å². The van der Waals surface area contributed by atoms with Crippen LogP contribution in [-0.2, 0) is 6.54 Å². The van der Waals surface area contributed by atoms with Gasteiger partial charge in [-0.3, -0.25) is 0 Å². The van der Waals surface area contributed by atoms with Crippen molar-refractivity contribution in [3.8, 4) is 0 Å². The fourth-order valence-corrected chi connectivity index (χ4v) is 3.64. The lowest BCUT2D eigenvalue weighted by Gasteiger charge is -2.19.